The Morgan fingerprint density at radius 1 is 1.30 bits per heavy atom. The van der Waals surface area contributed by atoms with E-state index in [0.717, 1.165) is 18.4 Å². The number of nitrogens with zero attached hydrogens (tertiary/aromatic N) is 1. The van der Waals surface area contributed by atoms with Crippen molar-refractivity contribution in [3.05, 3.63) is 58.0 Å². The minimum absolute atomic E-state index is 0.0683. The van der Waals surface area contributed by atoms with Gasteiger partial charge < -0.3 is 10.7 Å². The number of nitrogens with one attached hydrogen (secondary N) is 1. The van der Waals surface area contributed by atoms with E-state index in [9.17, 15) is 4.79 Å². The third-order valence-corrected chi connectivity index (χ3v) is 4.00. The minimum atomic E-state index is -0.139. The van der Waals surface area contributed by atoms with Crippen LogP contribution in [0.4, 0.5) is 0 Å². The lowest BCUT2D eigenvalue weighted by Gasteiger charge is -2.11. The highest BCUT2D eigenvalue weighted by molar-refractivity contribution is 7.99. The molecular weight excluding hydrogens is 270 g/mol. The van der Waals surface area contributed by atoms with Crippen LogP contribution in [0.2, 0.25) is 0 Å². The number of aryl methyl sites for hydroxylation is 1. The van der Waals surface area contributed by atoms with Crippen LogP contribution in [-0.4, -0.2) is 15.7 Å². The topological polar surface area (TPSA) is 71.8 Å². The smallest absolute Gasteiger partial charge is 0.251 e. The number of aromatic amines is 1. The molecule has 1 aromatic carbocycles. The first kappa shape index (κ1) is 14.8. The van der Waals surface area contributed by atoms with Crippen molar-refractivity contribution < 1.29 is 0 Å². The number of rotatable bonds is 6. The van der Waals surface area contributed by atoms with E-state index in [1.165, 1.54) is 29.6 Å². The van der Waals surface area contributed by atoms with Gasteiger partial charge in [0.15, 0.2) is 5.16 Å². The third kappa shape index (κ3) is 4.21. The molecule has 0 radical (unpaired) electrons. The van der Waals surface area contributed by atoms with Crippen molar-refractivity contribution in [1.82, 2.24) is 9.97 Å². The van der Waals surface area contributed by atoms with Crippen LogP contribution in [0.5, 0.6) is 0 Å². The van der Waals surface area contributed by atoms with E-state index in [0.29, 0.717) is 10.9 Å². The molecule has 5 heteroatoms. The lowest BCUT2D eigenvalue weighted by molar-refractivity contribution is 0.822. The van der Waals surface area contributed by atoms with Gasteiger partial charge in [0.05, 0.1) is 0 Å². The molecule has 2 aromatic rings. The summed E-state index contributed by atoms with van der Waals surface area (Å²) in [6.45, 7) is 2.17. The molecule has 106 valence electrons. The predicted octanol–water partition coefficient (Wildman–Crippen LogP) is 2.51. The molecule has 0 aliphatic rings. The number of hydrogen-bond donors (Lipinski definition) is 2. The van der Waals surface area contributed by atoms with Gasteiger partial charge in [-0.05, 0) is 17.5 Å². The Labute approximate surface area is 122 Å². The molecule has 0 saturated carbocycles. The largest absolute Gasteiger partial charge is 0.323 e. The molecule has 1 unspecified atom stereocenters. The van der Waals surface area contributed by atoms with Crippen molar-refractivity contribution in [1.29, 1.82) is 0 Å². The zero-order chi connectivity index (χ0) is 14.4. The number of thioether (sulfide) groups is 1. The van der Waals surface area contributed by atoms with Crippen LogP contribution in [0, 0.1) is 0 Å². The summed E-state index contributed by atoms with van der Waals surface area (Å²) in [5, 5.41) is 0.607. The zero-order valence-electron chi connectivity index (χ0n) is 11.5. The maximum absolute atomic E-state index is 11.2. The number of nitrogens with two attached hydrogens (primary N) is 1. The Bertz CT molecular complexity index is 595. The summed E-state index contributed by atoms with van der Waals surface area (Å²) in [5.74, 6) is 0.681. The highest BCUT2D eigenvalue weighted by Gasteiger charge is 2.07. The quantitative estimate of drug-likeness (QED) is 0.633. The first-order chi connectivity index (χ1) is 9.69. The normalized spacial score (nSPS) is 12.3. The monoisotopic (exact) mass is 289 g/mol. The Kier molecular flexibility index (Phi) is 5.38. The number of aromatic nitrogens is 2. The van der Waals surface area contributed by atoms with Crippen molar-refractivity contribution in [3.8, 4) is 0 Å². The molecule has 0 spiro atoms. The van der Waals surface area contributed by atoms with Crippen molar-refractivity contribution in [3.63, 3.8) is 0 Å². The van der Waals surface area contributed by atoms with Gasteiger partial charge >= 0.3 is 0 Å². The summed E-state index contributed by atoms with van der Waals surface area (Å²) >= 11 is 1.46. The van der Waals surface area contributed by atoms with Crippen LogP contribution >= 0.6 is 11.8 Å². The summed E-state index contributed by atoms with van der Waals surface area (Å²) in [6, 6.07) is 9.75. The molecule has 0 aliphatic carbocycles. The molecule has 0 saturated heterocycles. The van der Waals surface area contributed by atoms with Gasteiger partial charge in [-0.25, -0.2) is 4.98 Å². The average molecular weight is 289 g/mol. The highest BCUT2D eigenvalue weighted by Crippen LogP contribution is 2.20. The third-order valence-electron chi connectivity index (χ3n) is 2.99. The van der Waals surface area contributed by atoms with Crippen LogP contribution in [-0.2, 0) is 6.42 Å². The lowest BCUT2D eigenvalue weighted by atomic mass is 10.0. The standard InChI is InChI=1S/C15H19N3OS/c1-2-3-11-4-6-12(7-5-11)13(16)10-20-15-17-9-8-14(19)18-15/h4-9,13H,2-3,10,16H2,1H3,(H,17,18,19). The van der Waals surface area contributed by atoms with Gasteiger partial charge in [0.2, 0.25) is 0 Å². The van der Waals surface area contributed by atoms with Crippen molar-refractivity contribution in [2.24, 2.45) is 5.73 Å². The molecule has 2 rings (SSSR count). The van der Waals surface area contributed by atoms with E-state index in [-0.39, 0.29) is 11.6 Å². The second-order valence-electron chi connectivity index (χ2n) is 4.65. The van der Waals surface area contributed by atoms with E-state index in [1.807, 2.05) is 0 Å². The van der Waals surface area contributed by atoms with Gasteiger partial charge in [0, 0.05) is 24.1 Å². The molecule has 1 atom stereocenters. The summed E-state index contributed by atoms with van der Waals surface area (Å²) in [4.78, 5) is 17.9. The van der Waals surface area contributed by atoms with Crippen molar-refractivity contribution in [2.45, 2.75) is 31.0 Å². The highest BCUT2D eigenvalue weighted by atomic mass is 32.2. The van der Waals surface area contributed by atoms with Crippen LogP contribution in [0.25, 0.3) is 0 Å². The van der Waals surface area contributed by atoms with Crippen molar-refractivity contribution >= 4 is 11.8 Å². The number of benzene rings is 1. The lowest BCUT2D eigenvalue weighted by Crippen LogP contribution is -2.14. The van der Waals surface area contributed by atoms with Crippen LogP contribution < -0.4 is 11.3 Å². The van der Waals surface area contributed by atoms with Crippen LogP contribution in [0.1, 0.15) is 30.5 Å². The number of H-pyrrole nitrogens is 1. The fourth-order valence-corrected chi connectivity index (χ4v) is 2.75. The molecule has 0 bridgehead atoms. The SMILES string of the molecule is CCCc1ccc(C(N)CSc2nccc(=O)[nH]2)cc1. The molecule has 4 nitrogen and oxygen atoms in total. The molecule has 0 amide bonds. The predicted molar refractivity (Wildman–Crippen MR) is 82.9 cm³/mol. The maximum Gasteiger partial charge on any atom is 0.251 e. The van der Waals surface area contributed by atoms with Crippen LogP contribution in [0.15, 0.2) is 46.5 Å². The number of hydrogen-bond acceptors (Lipinski definition) is 4. The molecule has 0 fully saturated rings. The minimum Gasteiger partial charge on any atom is -0.323 e. The summed E-state index contributed by atoms with van der Waals surface area (Å²) in [7, 11) is 0. The van der Waals surface area contributed by atoms with Crippen molar-refractivity contribution in [2.75, 3.05) is 5.75 Å². The van der Waals surface area contributed by atoms with Gasteiger partial charge in [-0.3, -0.25) is 4.79 Å². The first-order valence-electron chi connectivity index (χ1n) is 6.71. The van der Waals surface area contributed by atoms with E-state index in [1.54, 1.807) is 0 Å². The van der Waals surface area contributed by atoms with E-state index in [4.69, 9.17) is 5.73 Å². The van der Waals surface area contributed by atoms with E-state index in [2.05, 4.69) is 41.2 Å². The molecule has 1 aromatic heterocycles. The fourth-order valence-electron chi connectivity index (χ4n) is 1.91. The zero-order valence-corrected chi connectivity index (χ0v) is 12.3. The van der Waals surface area contributed by atoms with Gasteiger partial charge in [-0.1, -0.05) is 49.4 Å². The maximum atomic E-state index is 11.2. The Morgan fingerprint density at radius 2 is 2.05 bits per heavy atom. The fraction of sp³-hybridized carbons (Fsp3) is 0.333. The Hall–Kier alpha value is -1.59. The van der Waals surface area contributed by atoms with Gasteiger partial charge in [0.25, 0.3) is 5.56 Å². The summed E-state index contributed by atoms with van der Waals surface area (Å²) in [6.07, 6.45) is 3.75. The molecule has 3 N–H and O–H groups in total. The Balaban J connectivity index is 1.94. The molecular formula is C15H19N3OS. The van der Waals surface area contributed by atoms with Gasteiger partial charge in [0.1, 0.15) is 0 Å². The second-order valence-corrected chi connectivity index (χ2v) is 5.66. The molecule has 0 aliphatic heterocycles. The first-order valence-corrected chi connectivity index (χ1v) is 7.70. The molecule has 1 heterocycles. The average Bonchev–Trinajstić information content (AvgIpc) is 2.46. The Morgan fingerprint density at radius 3 is 2.70 bits per heavy atom. The summed E-state index contributed by atoms with van der Waals surface area (Å²) in [5.41, 5.74) is 8.47. The van der Waals surface area contributed by atoms with E-state index < -0.39 is 0 Å². The second kappa shape index (κ2) is 7.26. The van der Waals surface area contributed by atoms with Crippen LogP contribution in [0.3, 0.4) is 0 Å². The van der Waals surface area contributed by atoms with E-state index >= 15 is 0 Å². The molecule has 20 heavy (non-hydrogen) atoms. The van der Waals surface area contributed by atoms with Gasteiger partial charge in [-0.2, -0.15) is 0 Å². The van der Waals surface area contributed by atoms with Gasteiger partial charge in [-0.15, -0.1) is 0 Å². The summed E-state index contributed by atoms with van der Waals surface area (Å²) < 4.78 is 0.